The van der Waals surface area contributed by atoms with Crippen LogP contribution < -0.4 is 15.0 Å². The average molecular weight is 553 g/mol. The van der Waals surface area contributed by atoms with Gasteiger partial charge in [-0.1, -0.05) is 80.6 Å². The summed E-state index contributed by atoms with van der Waals surface area (Å²) in [5.41, 5.74) is 8.13. The van der Waals surface area contributed by atoms with Gasteiger partial charge in [0.05, 0.1) is 41.6 Å². The van der Waals surface area contributed by atoms with Crippen molar-refractivity contribution in [1.82, 2.24) is 9.78 Å². The molecule has 0 aliphatic carbocycles. The molecule has 5 aromatic rings. The summed E-state index contributed by atoms with van der Waals surface area (Å²) in [5, 5.41) is 8.59. The molecule has 0 amide bonds. The highest BCUT2D eigenvalue weighted by molar-refractivity contribution is 6.51. The third-order valence-corrected chi connectivity index (χ3v) is 7.92. The molecule has 0 bridgehead atoms. The van der Waals surface area contributed by atoms with Crippen LogP contribution in [0.4, 0.5) is 22.9 Å². The Bertz CT molecular complexity index is 1840. The number of nitrogens with one attached hydrogen (secondary N) is 1. The maximum Gasteiger partial charge on any atom is 0.179 e. The highest BCUT2D eigenvalue weighted by Crippen LogP contribution is 2.48. The number of hydrogen-bond acceptors (Lipinski definition) is 6. The van der Waals surface area contributed by atoms with Crippen molar-refractivity contribution in [2.24, 2.45) is 9.98 Å². The fourth-order valence-electron chi connectivity index (χ4n) is 5.80. The number of nitrogens with zero attached hydrogens (tertiary/aromatic N) is 5. The molecule has 4 aromatic carbocycles. The molecular weight excluding hydrogens is 520 g/mol. The van der Waals surface area contributed by atoms with Crippen LogP contribution in [-0.4, -0.2) is 28.6 Å². The zero-order valence-electron chi connectivity index (χ0n) is 24.1. The molecule has 208 valence electrons. The molecule has 2 aliphatic rings. The summed E-state index contributed by atoms with van der Waals surface area (Å²) in [4.78, 5) is 12.7. The number of aromatic nitrogens is 2. The summed E-state index contributed by atoms with van der Waals surface area (Å²) >= 11 is 0. The minimum absolute atomic E-state index is 0.169. The van der Waals surface area contributed by atoms with Crippen LogP contribution in [0.5, 0.6) is 5.75 Å². The second-order valence-corrected chi connectivity index (χ2v) is 10.9. The van der Waals surface area contributed by atoms with Gasteiger partial charge in [0.1, 0.15) is 5.75 Å². The van der Waals surface area contributed by atoms with E-state index in [9.17, 15) is 0 Å². The minimum atomic E-state index is -0.169. The zero-order valence-corrected chi connectivity index (χ0v) is 24.1. The molecule has 0 spiro atoms. The Morgan fingerprint density at radius 1 is 0.810 bits per heavy atom. The van der Waals surface area contributed by atoms with Gasteiger partial charge >= 0.3 is 0 Å². The maximum absolute atomic E-state index is 5.66. The number of rotatable bonds is 5. The van der Waals surface area contributed by atoms with E-state index >= 15 is 0 Å². The molecule has 0 unspecified atom stereocenters. The van der Waals surface area contributed by atoms with E-state index in [0.29, 0.717) is 11.8 Å². The second-order valence-electron chi connectivity index (χ2n) is 10.9. The van der Waals surface area contributed by atoms with Crippen molar-refractivity contribution in [3.05, 3.63) is 126 Å². The number of para-hydroxylation sites is 5. The van der Waals surface area contributed by atoms with Crippen LogP contribution in [0.15, 0.2) is 113 Å². The van der Waals surface area contributed by atoms with Gasteiger partial charge in [0, 0.05) is 5.56 Å². The van der Waals surface area contributed by atoms with Gasteiger partial charge in [0.2, 0.25) is 0 Å². The van der Waals surface area contributed by atoms with Gasteiger partial charge in [-0.3, -0.25) is 0 Å². The van der Waals surface area contributed by atoms with Crippen LogP contribution in [-0.2, 0) is 0 Å². The van der Waals surface area contributed by atoms with Gasteiger partial charge in [-0.05, 0) is 60.4 Å². The van der Waals surface area contributed by atoms with E-state index in [1.54, 1.807) is 7.11 Å². The standard InChI is InChI=1S/C35H32N6O/c1-22(2)24-18-20-25(21-19-24)32-31-23(3)39-41(26-12-6-5-7-13-26)34(31)38-35-33(37-28-15-9-11-17-30(28)42-4)36-27-14-8-10-16-29(27)40(32)35/h5-22,32H,1-4H3,(H,36,37)/t32-/m1/s1. The van der Waals surface area contributed by atoms with Crippen LogP contribution in [0.3, 0.4) is 0 Å². The summed E-state index contributed by atoms with van der Waals surface area (Å²) in [5.74, 6) is 3.35. The topological polar surface area (TPSA) is 67.0 Å². The molecule has 1 atom stereocenters. The van der Waals surface area contributed by atoms with Gasteiger partial charge in [0.25, 0.3) is 0 Å². The highest BCUT2D eigenvalue weighted by atomic mass is 16.5. The summed E-state index contributed by atoms with van der Waals surface area (Å²) in [6.07, 6.45) is 0. The van der Waals surface area contributed by atoms with E-state index in [1.807, 2.05) is 59.3 Å². The minimum Gasteiger partial charge on any atom is -0.495 e. The summed E-state index contributed by atoms with van der Waals surface area (Å²) in [7, 11) is 1.67. The Morgan fingerprint density at radius 3 is 2.29 bits per heavy atom. The second kappa shape index (κ2) is 10.3. The third-order valence-electron chi connectivity index (χ3n) is 7.92. The summed E-state index contributed by atoms with van der Waals surface area (Å²) < 4.78 is 7.61. The van der Waals surface area contributed by atoms with Crippen LogP contribution >= 0.6 is 0 Å². The van der Waals surface area contributed by atoms with E-state index in [2.05, 4.69) is 79.5 Å². The van der Waals surface area contributed by atoms with Crippen molar-refractivity contribution < 1.29 is 4.74 Å². The van der Waals surface area contributed by atoms with Crippen molar-refractivity contribution in [1.29, 1.82) is 0 Å². The predicted octanol–water partition coefficient (Wildman–Crippen LogP) is 8.11. The first-order valence-electron chi connectivity index (χ1n) is 14.2. The SMILES string of the molecule is COc1ccccc1NC1=Nc2ccccc2N2C1=Nc1c(c(C)nn1-c1ccccc1)[C@H]2c1ccc(C(C)C)cc1. The van der Waals surface area contributed by atoms with E-state index in [1.165, 1.54) is 5.56 Å². The monoisotopic (exact) mass is 552 g/mol. The van der Waals surface area contributed by atoms with Gasteiger partial charge in [0.15, 0.2) is 17.5 Å². The number of ether oxygens (including phenoxy) is 1. The van der Waals surface area contributed by atoms with Crippen LogP contribution in [0.1, 0.15) is 48.2 Å². The maximum atomic E-state index is 5.66. The van der Waals surface area contributed by atoms with Crippen LogP contribution in [0, 0.1) is 6.92 Å². The van der Waals surface area contributed by atoms with Crippen LogP contribution in [0.2, 0.25) is 0 Å². The molecule has 1 N–H and O–H groups in total. The number of anilines is 2. The number of fused-ring (bicyclic) bond motifs is 4. The summed E-state index contributed by atoms with van der Waals surface area (Å²) in [6.45, 7) is 6.52. The zero-order chi connectivity index (χ0) is 28.8. The smallest absolute Gasteiger partial charge is 0.179 e. The Hall–Kier alpha value is -5.17. The Labute approximate surface area is 245 Å². The number of aliphatic imine (C=N–C) groups is 2. The number of hydrogen-bond donors (Lipinski definition) is 1. The number of methoxy groups -OCH3 is 1. The number of benzene rings is 4. The van der Waals surface area contributed by atoms with Crippen molar-refractivity contribution in [2.45, 2.75) is 32.7 Å². The molecule has 7 rings (SSSR count). The van der Waals surface area contributed by atoms with Crippen molar-refractivity contribution in [3.8, 4) is 11.4 Å². The van der Waals surface area contributed by atoms with Gasteiger partial charge < -0.3 is 15.0 Å². The fourth-order valence-corrected chi connectivity index (χ4v) is 5.80. The van der Waals surface area contributed by atoms with Gasteiger partial charge in [-0.25, -0.2) is 14.7 Å². The van der Waals surface area contributed by atoms with Crippen molar-refractivity contribution in [3.63, 3.8) is 0 Å². The molecule has 0 fully saturated rings. The Balaban J connectivity index is 1.48. The molecule has 2 aliphatic heterocycles. The van der Waals surface area contributed by atoms with E-state index in [-0.39, 0.29) is 6.04 Å². The first-order chi connectivity index (χ1) is 20.5. The van der Waals surface area contributed by atoms with Crippen molar-refractivity contribution >= 4 is 34.6 Å². The molecule has 3 heterocycles. The van der Waals surface area contributed by atoms with Crippen LogP contribution in [0.25, 0.3) is 5.69 Å². The molecule has 0 radical (unpaired) electrons. The lowest BCUT2D eigenvalue weighted by atomic mass is 9.91. The quantitative estimate of drug-likeness (QED) is 0.239. The lowest BCUT2D eigenvalue weighted by Gasteiger charge is -2.40. The average Bonchev–Trinajstić information content (AvgIpc) is 3.36. The van der Waals surface area contributed by atoms with E-state index in [0.717, 1.165) is 57.0 Å². The van der Waals surface area contributed by atoms with E-state index in [4.69, 9.17) is 19.8 Å². The molecule has 7 nitrogen and oxygen atoms in total. The molecule has 0 saturated carbocycles. The van der Waals surface area contributed by atoms with Gasteiger partial charge in [-0.2, -0.15) is 5.10 Å². The molecule has 0 saturated heterocycles. The molecular formula is C35H32N6O. The van der Waals surface area contributed by atoms with Gasteiger partial charge in [-0.15, -0.1) is 0 Å². The summed E-state index contributed by atoms with van der Waals surface area (Å²) in [6, 6.07) is 35.1. The van der Waals surface area contributed by atoms with Crippen molar-refractivity contribution in [2.75, 3.05) is 17.3 Å². The number of aryl methyl sites for hydroxylation is 1. The molecule has 1 aromatic heterocycles. The Kier molecular flexibility index (Phi) is 6.35. The lowest BCUT2D eigenvalue weighted by Crippen LogP contribution is -2.46. The normalized spacial score (nSPS) is 15.4. The Morgan fingerprint density at radius 2 is 1.52 bits per heavy atom. The first-order valence-corrected chi connectivity index (χ1v) is 14.2. The first kappa shape index (κ1) is 25.8. The predicted molar refractivity (Wildman–Crippen MR) is 170 cm³/mol. The largest absolute Gasteiger partial charge is 0.495 e. The fraction of sp³-hybridized carbons (Fsp3) is 0.171. The lowest BCUT2D eigenvalue weighted by molar-refractivity contribution is 0.417. The number of amidine groups is 2. The van der Waals surface area contributed by atoms with E-state index < -0.39 is 0 Å². The molecule has 7 heteroatoms. The highest BCUT2D eigenvalue weighted by Gasteiger charge is 2.41. The molecule has 42 heavy (non-hydrogen) atoms. The third kappa shape index (κ3) is 4.25.